The molecule has 2 aromatic heterocycles. The second-order valence-electron chi connectivity index (χ2n) is 4.29. The van der Waals surface area contributed by atoms with Gasteiger partial charge in [-0.2, -0.15) is 0 Å². The van der Waals surface area contributed by atoms with E-state index in [9.17, 15) is 4.79 Å². The average Bonchev–Trinajstić information content (AvgIpc) is 2.85. The van der Waals surface area contributed by atoms with E-state index in [1.807, 2.05) is 26.0 Å². The Morgan fingerprint density at radius 1 is 1.47 bits per heavy atom. The van der Waals surface area contributed by atoms with E-state index in [2.05, 4.69) is 15.3 Å². The number of nitrogens with zero attached hydrogens (tertiary/aromatic N) is 4. The van der Waals surface area contributed by atoms with Crippen LogP contribution in [0.1, 0.15) is 37.3 Å². The summed E-state index contributed by atoms with van der Waals surface area (Å²) >= 11 is 0. The van der Waals surface area contributed by atoms with Gasteiger partial charge in [0.2, 0.25) is 0 Å². The number of rotatable bonds is 4. The molecule has 2 aromatic rings. The molecule has 0 aliphatic heterocycles. The number of carbonyl (C=O) groups excluding carboxylic acids is 1. The van der Waals surface area contributed by atoms with Gasteiger partial charge in [0.25, 0.3) is 0 Å². The molecule has 0 spiro atoms. The van der Waals surface area contributed by atoms with Crippen LogP contribution in [0.15, 0.2) is 24.5 Å². The lowest BCUT2D eigenvalue weighted by atomic mass is 10.1. The van der Waals surface area contributed by atoms with Crippen LogP contribution in [-0.4, -0.2) is 32.6 Å². The molecule has 0 saturated carbocycles. The van der Waals surface area contributed by atoms with Gasteiger partial charge < -0.3 is 4.74 Å². The summed E-state index contributed by atoms with van der Waals surface area (Å²) in [4.78, 5) is 16.0. The first-order valence-corrected chi connectivity index (χ1v) is 6.17. The third-order valence-corrected chi connectivity index (χ3v) is 2.59. The quantitative estimate of drug-likeness (QED) is 0.787. The van der Waals surface area contributed by atoms with E-state index in [-0.39, 0.29) is 11.7 Å². The minimum absolute atomic E-state index is 0.0888. The fourth-order valence-electron chi connectivity index (χ4n) is 1.76. The lowest BCUT2D eigenvalue weighted by Gasteiger charge is -2.10. The summed E-state index contributed by atoms with van der Waals surface area (Å²) in [5.74, 6) is -0.465. The summed E-state index contributed by atoms with van der Waals surface area (Å²) in [6, 6.07) is 3.76. The highest BCUT2D eigenvalue weighted by Crippen LogP contribution is 2.24. The molecular weight excluding hydrogens is 244 g/mol. The summed E-state index contributed by atoms with van der Waals surface area (Å²) in [5.41, 5.74) is 1.66. The molecule has 6 heteroatoms. The van der Waals surface area contributed by atoms with Crippen molar-refractivity contribution in [2.75, 3.05) is 6.61 Å². The first-order valence-electron chi connectivity index (χ1n) is 6.17. The maximum Gasteiger partial charge on any atom is 0.361 e. The number of esters is 1. The van der Waals surface area contributed by atoms with Crippen LogP contribution in [0.3, 0.4) is 0 Å². The van der Waals surface area contributed by atoms with E-state index < -0.39 is 5.97 Å². The molecule has 0 saturated heterocycles. The number of hydrogen-bond acceptors (Lipinski definition) is 5. The van der Waals surface area contributed by atoms with Crippen LogP contribution < -0.4 is 0 Å². The number of pyridine rings is 1. The van der Waals surface area contributed by atoms with Crippen molar-refractivity contribution >= 4 is 5.97 Å². The van der Waals surface area contributed by atoms with Crippen molar-refractivity contribution < 1.29 is 9.53 Å². The van der Waals surface area contributed by atoms with Gasteiger partial charge in [-0.05, 0) is 32.9 Å². The molecule has 0 amide bonds. The number of ether oxygens (including phenoxy) is 1. The lowest BCUT2D eigenvalue weighted by Crippen LogP contribution is -2.09. The zero-order valence-corrected chi connectivity index (χ0v) is 11.2. The second-order valence-corrected chi connectivity index (χ2v) is 4.29. The van der Waals surface area contributed by atoms with Gasteiger partial charge in [-0.25, -0.2) is 9.48 Å². The van der Waals surface area contributed by atoms with Crippen molar-refractivity contribution in [3.05, 3.63) is 30.2 Å². The highest BCUT2D eigenvalue weighted by Gasteiger charge is 2.23. The molecule has 0 radical (unpaired) electrons. The summed E-state index contributed by atoms with van der Waals surface area (Å²) in [5, 5.41) is 7.98. The molecule has 0 atom stereocenters. The van der Waals surface area contributed by atoms with Crippen molar-refractivity contribution in [2.24, 2.45) is 0 Å². The van der Waals surface area contributed by atoms with Crippen molar-refractivity contribution in [1.29, 1.82) is 0 Å². The van der Waals surface area contributed by atoms with E-state index in [1.165, 1.54) is 0 Å². The Bertz CT molecular complexity index is 563. The highest BCUT2D eigenvalue weighted by molar-refractivity contribution is 5.94. The average molecular weight is 260 g/mol. The maximum atomic E-state index is 11.9. The predicted molar refractivity (Wildman–Crippen MR) is 69.6 cm³/mol. The molecule has 6 nitrogen and oxygen atoms in total. The van der Waals surface area contributed by atoms with Gasteiger partial charge in [0.15, 0.2) is 5.69 Å². The lowest BCUT2D eigenvalue weighted by molar-refractivity contribution is 0.0520. The van der Waals surface area contributed by atoms with Crippen LogP contribution >= 0.6 is 0 Å². The molecule has 0 aliphatic carbocycles. The zero-order valence-electron chi connectivity index (χ0n) is 11.2. The van der Waals surface area contributed by atoms with Gasteiger partial charge in [0.1, 0.15) is 5.69 Å². The monoisotopic (exact) mass is 260 g/mol. The minimum Gasteiger partial charge on any atom is -0.461 e. The van der Waals surface area contributed by atoms with E-state index >= 15 is 0 Å². The maximum absolute atomic E-state index is 11.9. The summed E-state index contributed by atoms with van der Waals surface area (Å²) in [6.45, 7) is 6.02. The molecule has 19 heavy (non-hydrogen) atoms. The van der Waals surface area contributed by atoms with E-state index in [1.54, 1.807) is 24.0 Å². The first kappa shape index (κ1) is 13.2. The summed E-state index contributed by atoms with van der Waals surface area (Å²) in [6.07, 6.45) is 3.36. The molecule has 0 aromatic carbocycles. The Morgan fingerprint density at radius 2 is 2.26 bits per heavy atom. The van der Waals surface area contributed by atoms with Gasteiger partial charge in [-0.15, -0.1) is 5.10 Å². The van der Waals surface area contributed by atoms with Gasteiger partial charge in [-0.1, -0.05) is 5.21 Å². The molecule has 0 fully saturated rings. The van der Waals surface area contributed by atoms with Crippen LogP contribution in [0.25, 0.3) is 11.3 Å². The standard InChI is InChI=1S/C13H16N4O2/c1-4-19-13(18)11-12(10-6-5-7-14-8-10)17(9(2)3)16-15-11/h5-9H,4H2,1-3H3. The van der Waals surface area contributed by atoms with Gasteiger partial charge in [0, 0.05) is 24.0 Å². The topological polar surface area (TPSA) is 69.9 Å². The van der Waals surface area contributed by atoms with Gasteiger partial charge in [0.05, 0.1) is 6.61 Å². The van der Waals surface area contributed by atoms with Gasteiger partial charge >= 0.3 is 5.97 Å². The largest absolute Gasteiger partial charge is 0.461 e. The SMILES string of the molecule is CCOC(=O)c1nnn(C(C)C)c1-c1cccnc1. The Kier molecular flexibility index (Phi) is 3.89. The second kappa shape index (κ2) is 5.60. The molecule has 2 rings (SSSR count). The molecule has 0 bridgehead atoms. The summed E-state index contributed by atoms with van der Waals surface area (Å²) < 4.78 is 6.71. The smallest absolute Gasteiger partial charge is 0.361 e. The van der Waals surface area contributed by atoms with Crippen LogP contribution in [0.4, 0.5) is 0 Å². The van der Waals surface area contributed by atoms with Crippen molar-refractivity contribution in [2.45, 2.75) is 26.8 Å². The molecule has 100 valence electrons. The van der Waals surface area contributed by atoms with E-state index in [0.29, 0.717) is 12.3 Å². The van der Waals surface area contributed by atoms with Crippen molar-refractivity contribution in [3.63, 3.8) is 0 Å². The van der Waals surface area contributed by atoms with Crippen molar-refractivity contribution in [1.82, 2.24) is 20.0 Å². The third kappa shape index (κ3) is 2.62. The third-order valence-electron chi connectivity index (χ3n) is 2.59. The van der Waals surface area contributed by atoms with Crippen LogP contribution in [0, 0.1) is 0 Å². The fourth-order valence-corrected chi connectivity index (χ4v) is 1.76. The van der Waals surface area contributed by atoms with Crippen LogP contribution in [0.2, 0.25) is 0 Å². The zero-order chi connectivity index (χ0) is 13.8. The van der Waals surface area contributed by atoms with Crippen LogP contribution in [0.5, 0.6) is 0 Å². The highest BCUT2D eigenvalue weighted by atomic mass is 16.5. The Morgan fingerprint density at radius 3 is 2.84 bits per heavy atom. The van der Waals surface area contributed by atoms with Crippen LogP contribution in [-0.2, 0) is 4.74 Å². The van der Waals surface area contributed by atoms with Crippen molar-refractivity contribution in [3.8, 4) is 11.3 Å². The Labute approximate surface area is 111 Å². The van der Waals surface area contributed by atoms with E-state index in [4.69, 9.17) is 4.74 Å². The fraction of sp³-hybridized carbons (Fsp3) is 0.385. The Balaban J connectivity index is 2.55. The molecule has 0 aliphatic rings. The first-order chi connectivity index (χ1) is 9.15. The number of hydrogen-bond donors (Lipinski definition) is 0. The normalized spacial score (nSPS) is 10.7. The van der Waals surface area contributed by atoms with Gasteiger partial charge in [-0.3, -0.25) is 4.98 Å². The number of aromatic nitrogens is 4. The molecule has 2 heterocycles. The van der Waals surface area contributed by atoms with E-state index in [0.717, 1.165) is 5.56 Å². The number of carbonyl (C=O) groups is 1. The minimum atomic E-state index is -0.465. The Hall–Kier alpha value is -2.24. The predicted octanol–water partition coefficient (Wildman–Crippen LogP) is 2.10. The molecule has 0 N–H and O–H groups in total. The molecular formula is C13H16N4O2. The molecule has 0 unspecified atom stereocenters. The summed E-state index contributed by atoms with van der Waals surface area (Å²) in [7, 11) is 0.